The van der Waals surface area contributed by atoms with Gasteiger partial charge in [0, 0.05) is 43.5 Å². The van der Waals surface area contributed by atoms with Crippen molar-refractivity contribution in [3.8, 4) is 5.88 Å². The molecule has 0 atom stereocenters. The van der Waals surface area contributed by atoms with Crippen molar-refractivity contribution in [2.75, 3.05) is 46.0 Å². The number of guanidine groups is 1. The number of nitrogens with zero attached hydrogens (tertiary/aromatic N) is 3. The molecule has 0 amide bonds. The number of pyridine rings is 1. The van der Waals surface area contributed by atoms with Gasteiger partial charge in [0.25, 0.3) is 0 Å². The molecule has 0 aromatic carbocycles. The minimum absolute atomic E-state index is 0. The second-order valence-corrected chi connectivity index (χ2v) is 7.63. The van der Waals surface area contributed by atoms with Crippen LogP contribution in [-0.2, 0) is 11.3 Å². The summed E-state index contributed by atoms with van der Waals surface area (Å²) in [5, 5.41) is 6.83. The Kier molecular flexibility index (Phi) is 12.5. The van der Waals surface area contributed by atoms with E-state index in [2.05, 4.69) is 48.2 Å². The largest absolute Gasteiger partial charge is 0.477 e. The normalized spacial score (nSPS) is 15.5. The average Bonchev–Trinajstić information content (AvgIpc) is 2.72. The van der Waals surface area contributed by atoms with Crippen LogP contribution >= 0.6 is 24.0 Å². The van der Waals surface area contributed by atoms with E-state index < -0.39 is 0 Å². The lowest BCUT2D eigenvalue weighted by molar-refractivity contribution is -0.00834. The maximum absolute atomic E-state index is 5.82. The quantitative estimate of drug-likeness (QED) is 0.214. The van der Waals surface area contributed by atoms with Gasteiger partial charge in [-0.1, -0.05) is 19.4 Å². The number of aliphatic imine (C=N–C) groups is 1. The van der Waals surface area contributed by atoms with Gasteiger partial charge in [0.1, 0.15) is 0 Å². The van der Waals surface area contributed by atoms with Crippen LogP contribution < -0.4 is 15.4 Å². The number of halogens is 1. The highest BCUT2D eigenvalue weighted by atomic mass is 127. The Morgan fingerprint density at radius 3 is 2.72 bits per heavy atom. The third-order valence-electron chi connectivity index (χ3n) is 4.89. The summed E-state index contributed by atoms with van der Waals surface area (Å²) < 4.78 is 11.3. The predicted octanol–water partition coefficient (Wildman–Crippen LogP) is 3.04. The first-order valence-corrected chi connectivity index (χ1v) is 10.5. The number of nitrogens with one attached hydrogen (secondary N) is 2. The summed E-state index contributed by atoms with van der Waals surface area (Å²) >= 11 is 0. The fourth-order valence-corrected chi connectivity index (χ4v) is 3.07. The summed E-state index contributed by atoms with van der Waals surface area (Å²) in [5.41, 5.74) is 1.03. The van der Waals surface area contributed by atoms with Crippen molar-refractivity contribution in [3.05, 3.63) is 23.9 Å². The van der Waals surface area contributed by atoms with Gasteiger partial charge in [-0.25, -0.2) is 9.98 Å². The molecule has 1 aromatic rings. The van der Waals surface area contributed by atoms with Gasteiger partial charge in [-0.05, 0) is 33.3 Å². The molecule has 1 fully saturated rings. The molecule has 2 rings (SSSR count). The lowest BCUT2D eigenvalue weighted by atomic mass is 10.0. The van der Waals surface area contributed by atoms with Crippen molar-refractivity contribution in [2.24, 2.45) is 4.99 Å². The molecule has 0 saturated carbocycles. The minimum atomic E-state index is 0. The summed E-state index contributed by atoms with van der Waals surface area (Å²) in [7, 11) is 0. The van der Waals surface area contributed by atoms with Gasteiger partial charge in [0.05, 0.1) is 26.4 Å². The van der Waals surface area contributed by atoms with Crippen molar-refractivity contribution in [2.45, 2.75) is 52.6 Å². The number of hydrogen-bond donors (Lipinski definition) is 2. The Morgan fingerprint density at radius 1 is 1.28 bits per heavy atom. The molecule has 1 aromatic heterocycles. The number of rotatable bonds is 10. The second kappa shape index (κ2) is 14.0. The Bertz CT molecular complexity index is 606. The summed E-state index contributed by atoms with van der Waals surface area (Å²) in [5.74, 6) is 1.50. The lowest BCUT2D eigenvalue weighted by Gasteiger charge is -2.41. The minimum Gasteiger partial charge on any atom is -0.477 e. The van der Waals surface area contributed by atoms with Crippen LogP contribution in [0.2, 0.25) is 0 Å². The molecular formula is C21H38IN5O2. The molecule has 0 unspecified atom stereocenters. The van der Waals surface area contributed by atoms with Crippen LogP contribution in [0.3, 0.4) is 0 Å². The van der Waals surface area contributed by atoms with Crippen LogP contribution in [0.5, 0.6) is 5.88 Å². The van der Waals surface area contributed by atoms with Crippen LogP contribution in [0, 0.1) is 0 Å². The van der Waals surface area contributed by atoms with Gasteiger partial charge in [-0.3, -0.25) is 4.90 Å². The number of hydrogen-bond acceptors (Lipinski definition) is 5. The number of morpholine rings is 1. The second-order valence-electron chi connectivity index (χ2n) is 7.63. The van der Waals surface area contributed by atoms with E-state index in [1.807, 2.05) is 12.1 Å². The molecule has 1 aliphatic rings. The molecule has 0 radical (unpaired) electrons. The summed E-state index contributed by atoms with van der Waals surface area (Å²) in [6, 6.07) is 3.96. The molecule has 166 valence electrons. The van der Waals surface area contributed by atoms with Gasteiger partial charge in [0.2, 0.25) is 5.88 Å². The summed E-state index contributed by atoms with van der Waals surface area (Å²) in [4.78, 5) is 11.6. The highest BCUT2D eigenvalue weighted by Crippen LogP contribution is 2.17. The van der Waals surface area contributed by atoms with Crippen LogP contribution in [0.15, 0.2) is 23.3 Å². The highest BCUT2D eigenvalue weighted by Gasteiger charge is 2.28. The van der Waals surface area contributed by atoms with Gasteiger partial charge < -0.3 is 20.1 Å². The van der Waals surface area contributed by atoms with Crippen molar-refractivity contribution in [3.63, 3.8) is 0 Å². The molecule has 0 spiro atoms. The van der Waals surface area contributed by atoms with Crippen LogP contribution in [0.1, 0.15) is 46.1 Å². The van der Waals surface area contributed by atoms with E-state index in [0.717, 1.165) is 63.8 Å². The molecular weight excluding hydrogens is 481 g/mol. The van der Waals surface area contributed by atoms with Gasteiger partial charge in [0.15, 0.2) is 5.96 Å². The first kappa shape index (κ1) is 25.9. The number of ether oxygens (including phenoxy) is 2. The Labute approximate surface area is 193 Å². The first-order valence-electron chi connectivity index (χ1n) is 10.5. The van der Waals surface area contributed by atoms with E-state index in [1.165, 1.54) is 0 Å². The average molecular weight is 519 g/mol. The fourth-order valence-electron chi connectivity index (χ4n) is 3.07. The SMILES string of the molecule is CCCCOc1ncccc1CN=C(NCC)NCC(C)(C)N1CCOCC1.I. The lowest BCUT2D eigenvalue weighted by Crippen LogP contribution is -2.56. The molecule has 29 heavy (non-hydrogen) atoms. The zero-order valence-electron chi connectivity index (χ0n) is 18.4. The Morgan fingerprint density at radius 2 is 2.03 bits per heavy atom. The van der Waals surface area contributed by atoms with E-state index in [9.17, 15) is 0 Å². The maximum atomic E-state index is 5.82. The van der Waals surface area contributed by atoms with E-state index in [-0.39, 0.29) is 29.5 Å². The smallest absolute Gasteiger partial charge is 0.218 e. The van der Waals surface area contributed by atoms with Gasteiger partial charge >= 0.3 is 0 Å². The zero-order chi connectivity index (χ0) is 20.2. The fraction of sp³-hybridized carbons (Fsp3) is 0.714. The van der Waals surface area contributed by atoms with Crippen molar-refractivity contribution in [1.29, 1.82) is 0 Å². The van der Waals surface area contributed by atoms with E-state index >= 15 is 0 Å². The predicted molar refractivity (Wildman–Crippen MR) is 129 cm³/mol. The number of aromatic nitrogens is 1. The molecule has 1 aliphatic heterocycles. The third kappa shape index (κ3) is 9.04. The molecule has 7 nitrogen and oxygen atoms in total. The zero-order valence-corrected chi connectivity index (χ0v) is 20.7. The van der Waals surface area contributed by atoms with E-state index in [1.54, 1.807) is 6.20 Å². The molecule has 2 heterocycles. The van der Waals surface area contributed by atoms with E-state index in [4.69, 9.17) is 14.5 Å². The van der Waals surface area contributed by atoms with Crippen molar-refractivity contribution < 1.29 is 9.47 Å². The molecule has 2 N–H and O–H groups in total. The topological polar surface area (TPSA) is 71.0 Å². The first-order chi connectivity index (χ1) is 13.6. The number of unbranched alkanes of at least 4 members (excludes halogenated alkanes) is 1. The monoisotopic (exact) mass is 519 g/mol. The van der Waals surface area contributed by atoms with Crippen molar-refractivity contribution in [1.82, 2.24) is 20.5 Å². The maximum Gasteiger partial charge on any atom is 0.218 e. The van der Waals surface area contributed by atoms with Crippen LogP contribution in [0.25, 0.3) is 0 Å². The summed E-state index contributed by atoms with van der Waals surface area (Å²) in [6.07, 6.45) is 3.90. The van der Waals surface area contributed by atoms with Gasteiger partial charge in [-0.2, -0.15) is 0 Å². The van der Waals surface area contributed by atoms with Crippen molar-refractivity contribution >= 4 is 29.9 Å². The molecule has 1 saturated heterocycles. The van der Waals surface area contributed by atoms with Crippen LogP contribution in [0.4, 0.5) is 0 Å². The summed E-state index contributed by atoms with van der Waals surface area (Å²) in [6.45, 7) is 15.1. The molecule has 8 heteroatoms. The van der Waals surface area contributed by atoms with Gasteiger partial charge in [-0.15, -0.1) is 24.0 Å². The van der Waals surface area contributed by atoms with E-state index in [0.29, 0.717) is 19.0 Å². The standard InChI is InChI=1S/C21H37N5O2.HI/c1-5-7-13-28-19-18(9-8-10-23-19)16-24-20(22-6-2)25-17-21(3,4)26-11-14-27-15-12-26;/h8-10H,5-7,11-17H2,1-4H3,(H2,22,24,25);1H. The molecule has 0 bridgehead atoms. The third-order valence-corrected chi connectivity index (χ3v) is 4.89. The van der Waals surface area contributed by atoms with Crippen LogP contribution in [-0.4, -0.2) is 67.4 Å². The Balaban J connectivity index is 0.00000420. The Hall–Kier alpha value is -1.13. The molecule has 0 aliphatic carbocycles. The highest BCUT2D eigenvalue weighted by molar-refractivity contribution is 14.0.